The number of aliphatic carboxylic acids is 1. The van der Waals surface area contributed by atoms with Crippen molar-refractivity contribution in [2.75, 3.05) is 26.3 Å². The topological polar surface area (TPSA) is 76.1 Å². The van der Waals surface area contributed by atoms with Crippen molar-refractivity contribution in [3.8, 4) is 0 Å². The van der Waals surface area contributed by atoms with Crippen LogP contribution in [0.3, 0.4) is 0 Å². The normalized spacial score (nSPS) is 29.1. The number of hydrogen-bond donors (Lipinski definition) is 1. The van der Waals surface area contributed by atoms with E-state index in [0.29, 0.717) is 19.8 Å². The fraction of sp³-hybridized carbons (Fsp3) is 0.846. The molecule has 6 nitrogen and oxygen atoms in total. The number of carboxylic acid groups (broad SMARTS) is 1. The van der Waals surface area contributed by atoms with Crippen molar-refractivity contribution in [1.82, 2.24) is 4.90 Å². The Morgan fingerprint density at radius 2 is 2.11 bits per heavy atom. The van der Waals surface area contributed by atoms with Gasteiger partial charge < -0.3 is 19.5 Å². The summed E-state index contributed by atoms with van der Waals surface area (Å²) in [5.74, 6) is -0.999. The van der Waals surface area contributed by atoms with E-state index in [-0.39, 0.29) is 18.6 Å². The first-order valence-electron chi connectivity index (χ1n) is 6.74. The Kier molecular flexibility index (Phi) is 4.10. The molecule has 2 atom stereocenters. The first-order valence-corrected chi connectivity index (χ1v) is 6.74. The van der Waals surface area contributed by atoms with Crippen LogP contribution in [0.1, 0.15) is 26.7 Å². The van der Waals surface area contributed by atoms with Crippen LogP contribution in [0.4, 0.5) is 0 Å². The van der Waals surface area contributed by atoms with Gasteiger partial charge in [0.15, 0.2) is 6.10 Å². The lowest BCUT2D eigenvalue weighted by atomic mass is 10.1. The van der Waals surface area contributed by atoms with Crippen LogP contribution in [0, 0.1) is 5.41 Å². The highest BCUT2D eigenvalue weighted by atomic mass is 16.5. The highest BCUT2D eigenvalue weighted by Crippen LogP contribution is 2.47. The molecule has 1 heterocycles. The average molecular weight is 271 g/mol. The van der Waals surface area contributed by atoms with Crippen LogP contribution in [-0.4, -0.2) is 60.4 Å². The molecule has 0 bridgehead atoms. The molecular formula is C13H21NO5. The highest BCUT2D eigenvalue weighted by Gasteiger charge is 2.53. The van der Waals surface area contributed by atoms with E-state index in [2.05, 4.69) is 0 Å². The van der Waals surface area contributed by atoms with Crippen LogP contribution in [0.5, 0.6) is 0 Å². The molecule has 1 N–H and O–H groups in total. The van der Waals surface area contributed by atoms with Gasteiger partial charge in [-0.1, -0.05) is 0 Å². The van der Waals surface area contributed by atoms with E-state index in [1.54, 1.807) is 11.8 Å². The molecule has 108 valence electrons. The predicted molar refractivity (Wildman–Crippen MR) is 66.7 cm³/mol. The molecule has 0 aromatic heterocycles. The molecule has 2 aliphatic rings. The van der Waals surface area contributed by atoms with E-state index < -0.39 is 17.5 Å². The zero-order valence-electron chi connectivity index (χ0n) is 11.4. The monoisotopic (exact) mass is 271 g/mol. The van der Waals surface area contributed by atoms with Gasteiger partial charge >= 0.3 is 5.97 Å². The molecule has 1 amide bonds. The Balaban J connectivity index is 2.00. The predicted octanol–water partition coefficient (Wildman–Crippen LogP) is 0.504. The molecule has 0 aromatic carbocycles. The van der Waals surface area contributed by atoms with Crippen LogP contribution in [0.25, 0.3) is 0 Å². The van der Waals surface area contributed by atoms with Gasteiger partial charge in [-0.05, 0) is 26.7 Å². The number of nitrogens with zero attached hydrogens (tertiary/aromatic N) is 1. The fourth-order valence-electron chi connectivity index (χ4n) is 2.46. The molecule has 1 unspecified atom stereocenters. The molecule has 1 aliphatic carbocycles. The Bertz CT molecular complexity index is 366. The Morgan fingerprint density at radius 1 is 1.42 bits per heavy atom. The van der Waals surface area contributed by atoms with E-state index in [1.807, 2.05) is 6.92 Å². The van der Waals surface area contributed by atoms with Crippen molar-refractivity contribution in [3.63, 3.8) is 0 Å². The first-order chi connectivity index (χ1) is 8.98. The number of ether oxygens (including phenoxy) is 2. The first kappa shape index (κ1) is 14.3. The van der Waals surface area contributed by atoms with Crippen molar-refractivity contribution in [1.29, 1.82) is 0 Å². The number of rotatable bonds is 5. The Hall–Kier alpha value is -1.14. The molecule has 19 heavy (non-hydrogen) atoms. The second-order valence-corrected chi connectivity index (χ2v) is 5.40. The summed E-state index contributed by atoms with van der Waals surface area (Å²) in [6.07, 6.45) is 0.488. The molecule has 0 aromatic rings. The van der Waals surface area contributed by atoms with Crippen molar-refractivity contribution in [2.45, 2.75) is 38.9 Å². The van der Waals surface area contributed by atoms with Gasteiger partial charge in [-0.3, -0.25) is 4.79 Å². The summed E-state index contributed by atoms with van der Waals surface area (Å²) in [7, 11) is 0. The minimum Gasteiger partial charge on any atom is -0.479 e. The maximum absolute atomic E-state index is 12.5. The fourth-order valence-corrected chi connectivity index (χ4v) is 2.46. The zero-order valence-corrected chi connectivity index (χ0v) is 11.4. The molecule has 0 radical (unpaired) electrons. The number of amides is 1. The number of carboxylic acids is 1. The summed E-state index contributed by atoms with van der Waals surface area (Å²) in [4.78, 5) is 25.1. The van der Waals surface area contributed by atoms with Gasteiger partial charge in [0.2, 0.25) is 5.91 Å². The van der Waals surface area contributed by atoms with Crippen LogP contribution < -0.4 is 0 Å². The van der Waals surface area contributed by atoms with Crippen molar-refractivity contribution in [3.05, 3.63) is 0 Å². The SMILES string of the molecule is CCOCC1(C(=O)N2CC(C(=O)O)O[C@H](C)C2)CC1. The summed E-state index contributed by atoms with van der Waals surface area (Å²) in [6.45, 7) is 5.30. The third-order valence-electron chi connectivity index (χ3n) is 3.71. The average Bonchev–Trinajstić information content (AvgIpc) is 3.15. The molecule has 0 spiro atoms. The third-order valence-corrected chi connectivity index (χ3v) is 3.71. The van der Waals surface area contributed by atoms with Gasteiger partial charge in [0.1, 0.15) is 0 Å². The minimum absolute atomic E-state index is 0.0161. The van der Waals surface area contributed by atoms with Crippen LogP contribution in [-0.2, 0) is 19.1 Å². The van der Waals surface area contributed by atoms with E-state index in [1.165, 1.54) is 0 Å². The maximum Gasteiger partial charge on any atom is 0.334 e. The second-order valence-electron chi connectivity index (χ2n) is 5.40. The van der Waals surface area contributed by atoms with Crippen molar-refractivity contribution < 1.29 is 24.2 Å². The Morgan fingerprint density at radius 3 is 2.63 bits per heavy atom. The molecule has 1 saturated carbocycles. The summed E-state index contributed by atoms with van der Waals surface area (Å²) >= 11 is 0. The van der Waals surface area contributed by atoms with E-state index in [0.717, 1.165) is 12.8 Å². The van der Waals surface area contributed by atoms with E-state index in [9.17, 15) is 9.59 Å². The van der Waals surface area contributed by atoms with Gasteiger partial charge in [-0.25, -0.2) is 4.79 Å². The molecule has 2 fully saturated rings. The summed E-state index contributed by atoms with van der Waals surface area (Å²) < 4.78 is 10.7. The number of hydrogen-bond acceptors (Lipinski definition) is 4. The van der Waals surface area contributed by atoms with Gasteiger partial charge in [-0.15, -0.1) is 0 Å². The Labute approximate surface area is 112 Å². The molecule has 6 heteroatoms. The highest BCUT2D eigenvalue weighted by molar-refractivity contribution is 5.86. The van der Waals surface area contributed by atoms with Gasteiger partial charge in [0.05, 0.1) is 24.7 Å². The second kappa shape index (κ2) is 5.46. The molecule has 2 rings (SSSR count). The summed E-state index contributed by atoms with van der Waals surface area (Å²) in [6, 6.07) is 0. The van der Waals surface area contributed by atoms with Gasteiger partial charge in [0, 0.05) is 13.2 Å². The molecule has 1 saturated heterocycles. The van der Waals surface area contributed by atoms with Crippen LogP contribution in [0.2, 0.25) is 0 Å². The summed E-state index contributed by atoms with van der Waals surface area (Å²) in [5.41, 5.74) is -0.407. The number of carbonyl (C=O) groups excluding carboxylic acids is 1. The van der Waals surface area contributed by atoms with Crippen molar-refractivity contribution in [2.24, 2.45) is 5.41 Å². The lowest BCUT2D eigenvalue weighted by molar-refractivity contribution is -0.169. The standard InChI is InChI=1S/C13H21NO5/c1-3-18-8-13(4-5-13)12(17)14-6-9(2)19-10(7-14)11(15)16/h9-10H,3-8H2,1-2H3,(H,15,16)/t9-,10?/m1/s1. The molecular weight excluding hydrogens is 250 g/mol. The lowest BCUT2D eigenvalue weighted by Gasteiger charge is -2.36. The van der Waals surface area contributed by atoms with Crippen LogP contribution >= 0.6 is 0 Å². The van der Waals surface area contributed by atoms with Crippen LogP contribution in [0.15, 0.2) is 0 Å². The zero-order chi connectivity index (χ0) is 14.0. The largest absolute Gasteiger partial charge is 0.479 e. The van der Waals surface area contributed by atoms with Crippen molar-refractivity contribution >= 4 is 11.9 Å². The number of carbonyl (C=O) groups is 2. The van der Waals surface area contributed by atoms with Gasteiger partial charge in [-0.2, -0.15) is 0 Å². The smallest absolute Gasteiger partial charge is 0.334 e. The summed E-state index contributed by atoms with van der Waals surface area (Å²) in [5, 5.41) is 9.03. The number of morpholine rings is 1. The third kappa shape index (κ3) is 3.06. The maximum atomic E-state index is 12.5. The lowest BCUT2D eigenvalue weighted by Crippen LogP contribution is -2.54. The molecule has 1 aliphatic heterocycles. The van der Waals surface area contributed by atoms with E-state index >= 15 is 0 Å². The quantitative estimate of drug-likeness (QED) is 0.788. The van der Waals surface area contributed by atoms with Gasteiger partial charge in [0.25, 0.3) is 0 Å². The minimum atomic E-state index is -1.01. The van der Waals surface area contributed by atoms with E-state index in [4.69, 9.17) is 14.6 Å².